The van der Waals surface area contributed by atoms with E-state index in [0.717, 1.165) is 20.3 Å². The lowest BCUT2D eigenvalue weighted by atomic mass is 10.2. The summed E-state index contributed by atoms with van der Waals surface area (Å²) < 4.78 is 1.90. The van der Waals surface area contributed by atoms with Crippen molar-refractivity contribution in [3.8, 4) is 0 Å². The summed E-state index contributed by atoms with van der Waals surface area (Å²) in [4.78, 5) is 23.8. The van der Waals surface area contributed by atoms with Crippen LogP contribution in [-0.2, 0) is 0 Å². The maximum absolute atomic E-state index is 11.7. The van der Waals surface area contributed by atoms with E-state index in [1.165, 1.54) is 17.7 Å². The molecule has 0 atom stereocenters. The number of anilines is 4. The summed E-state index contributed by atoms with van der Waals surface area (Å²) in [6.07, 6.45) is 1.27. The number of aromatic nitrogens is 3. The average Bonchev–Trinajstić information content (AvgIpc) is 3.07. The van der Waals surface area contributed by atoms with Gasteiger partial charge in [0.25, 0.3) is 0 Å². The highest BCUT2D eigenvalue weighted by Crippen LogP contribution is 2.35. The van der Waals surface area contributed by atoms with Gasteiger partial charge in [0.05, 0.1) is 15.1 Å². The number of nitrogens with zero attached hydrogens (tertiary/aromatic N) is 4. The number of hydrogen-bond donors (Lipinski definition) is 2. The second kappa shape index (κ2) is 7.49. The zero-order chi connectivity index (χ0) is 19.7. The van der Waals surface area contributed by atoms with E-state index in [4.69, 9.17) is 0 Å². The molecule has 2 heterocycles. The molecule has 4 rings (SSSR count). The summed E-state index contributed by atoms with van der Waals surface area (Å²) in [6.45, 7) is 1.97. The summed E-state index contributed by atoms with van der Waals surface area (Å²) in [6, 6.07) is 13.1. The van der Waals surface area contributed by atoms with Crippen molar-refractivity contribution in [2.45, 2.75) is 6.92 Å². The molecule has 8 nitrogen and oxygen atoms in total. The van der Waals surface area contributed by atoms with Crippen LogP contribution in [0.5, 0.6) is 0 Å². The van der Waals surface area contributed by atoms with Crippen molar-refractivity contribution in [1.82, 2.24) is 15.0 Å². The Morgan fingerprint density at radius 1 is 1.07 bits per heavy atom. The van der Waals surface area contributed by atoms with E-state index in [1.807, 2.05) is 37.3 Å². The van der Waals surface area contributed by atoms with Gasteiger partial charge in [0, 0.05) is 10.2 Å². The molecule has 0 saturated carbocycles. The van der Waals surface area contributed by atoms with Crippen LogP contribution in [0.4, 0.5) is 28.1 Å². The number of nitrogens with one attached hydrogen (secondary N) is 2. The third kappa shape index (κ3) is 3.64. The van der Waals surface area contributed by atoms with Crippen LogP contribution >= 0.6 is 27.3 Å². The number of hydrogen-bond acceptors (Lipinski definition) is 8. The number of para-hydroxylation sites is 1. The molecule has 2 aromatic carbocycles. The zero-order valence-corrected chi connectivity index (χ0v) is 16.9. The molecule has 0 amide bonds. The van der Waals surface area contributed by atoms with Crippen molar-refractivity contribution in [2.24, 2.45) is 0 Å². The molecule has 0 saturated heterocycles. The summed E-state index contributed by atoms with van der Waals surface area (Å²) >= 11 is 4.77. The molecule has 0 bridgehead atoms. The van der Waals surface area contributed by atoms with Gasteiger partial charge >= 0.3 is 5.69 Å². The number of thiazole rings is 1. The van der Waals surface area contributed by atoms with Crippen molar-refractivity contribution < 1.29 is 4.92 Å². The first-order valence-corrected chi connectivity index (χ1v) is 9.77. The van der Waals surface area contributed by atoms with Gasteiger partial charge in [-0.25, -0.2) is 15.0 Å². The van der Waals surface area contributed by atoms with Gasteiger partial charge in [-0.1, -0.05) is 39.4 Å². The Kier molecular flexibility index (Phi) is 4.88. The standard InChI is InChI=1S/C18H13BrN6O2S/c1-10-3-2-4-13-14(10)23-18(28-13)24-17-15(25(26)27)16(20-9-21-17)22-12-7-5-11(19)6-8-12/h2-9H,1H3,(H2,20,21,22,23,24). The fraction of sp³-hybridized carbons (Fsp3) is 0.0556. The summed E-state index contributed by atoms with van der Waals surface area (Å²) in [7, 11) is 0. The highest BCUT2D eigenvalue weighted by molar-refractivity contribution is 9.10. The Labute approximate surface area is 172 Å². The van der Waals surface area contributed by atoms with Gasteiger partial charge in [-0.2, -0.15) is 0 Å². The van der Waals surface area contributed by atoms with Crippen LogP contribution in [0.25, 0.3) is 10.2 Å². The van der Waals surface area contributed by atoms with Crippen molar-refractivity contribution in [3.63, 3.8) is 0 Å². The molecule has 4 aromatic rings. The van der Waals surface area contributed by atoms with Crippen LogP contribution in [0.3, 0.4) is 0 Å². The first kappa shape index (κ1) is 18.3. The fourth-order valence-corrected chi connectivity index (χ4v) is 3.85. The Balaban J connectivity index is 1.71. The predicted octanol–water partition coefficient (Wildman–Crippen LogP) is 5.55. The minimum atomic E-state index is -0.512. The highest BCUT2D eigenvalue weighted by Gasteiger charge is 2.24. The first-order chi connectivity index (χ1) is 13.5. The number of rotatable bonds is 5. The minimum Gasteiger partial charge on any atom is -0.334 e. The third-order valence-electron chi connectivity index (χ3n) is 3.96. The fourth-order valence-electron chi connectivity index (χ4n) is 2.65. The highest BCUT2D eigenvalue weighted by atomic mass is 79.9. The van der Waals surface area contributed by atoms with Gasteiger partial charge in [0.1, 0.15) is 6.33 Å². The Morgan fingerprint density at radius 3 is 2.46 bits per heavy atom. The minimum absolute atomic E-state index is 0.0799. The van der Waals surface area contributed by atoms with Crippen LogP contribution in [0, 0.1) is 17.0 Å². The smallest absolute Gasteiger partial charge is 0.334 e. The average molecular weight is 457 g/mol. The summed E-state index contributed by atoms with van der Waals surface area (Å²) in [5.74, 6) is 0.179. The molecular formula is C18H13BrN6O2S. The first-order valence-electron chi connectivity index (χ1n) is 8.16. The quantitative estimate of drug-likeness (QED) is 0.299. The summed E-state index contributed by atoms with van der Waals surface area (Å²) in [5.41, 5.74) is 2.32. The third-order valence-corrected chi connectivity index (χ3v) is 5.42. The molecule has 2 aromatic heterocycles. The zero-order valence-electron chi connectivity index (χ0n) is 14.5. The lowest BCUT2D eigenvalue weighted by molar-refractivity contribution is -0.383. The van der Waals surface area contributed by atoms with Crippen LogP contribution < -0.4 is 10.6 Å². The predicted molar refractivity (Wildman–Crippen MR) is 114 cm³/mol. The molecule has 140 valence electrons. The summed E-state index contributed by atoms with van der Waals surface area (Å²) in [5, 5.41) is 18.2. The number of fused-ring (bicyclic) bond motifs is 1. The van der Waals surface area contributed by atoms with Gasteiger partial charge in [-0.3, -0.25) is 10.1 Å². The van der Waals surface area contributed by atoms with Gasteiger partial charge in [-0.05, 0) is 42.8 Å². The van der Waals surface area contributed by atoms with Crippen molar-refractivity contribution in [3.05, 3.63) is 68.9 Å². The molecule has 0 radical (unpaired) electrons. The van der Waals surface area contributed by atoms with Gasteiger partial charge in [-0.15, -0.1) is 0 Å². The number of benzene rings is 2. The molecule has 0 spiro atoms. The van der Waals surface area contributed by atoms with E-state index in [1.54, 1.807) is 12.1 Å². The number of nitro groups is 1. The molecule has 0 aliphatic rings. The van der Waals surface area contributed by atoms with Gasteiger partial charge in [0.15, 0.2) is 5.13 Å². The molecule has 0 unspecified atom stereocenters. The molecule has 10 heteroatoms. The molecule has 28 heavy (non-hydrogen) atoms. The van der Waals surface area contributed by atoms with Crippen LogP contribution in [0.15, 0.2) is 53.3 Å². The normalized spacial score (nSPS) is 10.8. The van der Waals surface area contributed by atoms with E-state index in [2.05, 4.69) is 41.5 Å². The maximum atomic E-state index is 11.7. The van der Waals surface area contributed by atoms with Crippen molar-refractivity contribution in [1.29, 1.82) is 0 Å². The van der Waals surface area contributed by atoms with Gasteiger partial charge < -0.3 is 10.6 Å². The Hall–Kier alpha value is -3.11. The molecular weight excluding hydrogens is 444 g/mol. The van der Waals surface area contributed by atoms with Crippen molar-refractivity contribution in [2.75, 3.05) is 10.6 Å². The van der Waals surface area contributed by atoms with E-state index in [-0.39, 0.29) is 17.3 Å². The van der Waals surface area contributed by atoms with Crippen LogP contribution in [0.2, 0.25) is 0 Å². The topological polar surface area (TPSA) is 106 Å². The second-order valence-corrected chi connectivity index (χ2v) is 7.82. The van der Waals surface area contributed by atoms with E-state index >= 15 is 0 Å². The largest absolute Gasteiger partial charge is 0.353 e. The van der Waals surface area contributed by atoms with Crippen LogP contribution in [-0.4, -0.2) is 19.9 Å². The molecule has 0 aliphatic carbocycles. The molecule has 0 aliphatic heterocycles. The Morgan fingerprint density at radius 2 is 1.79 bits per heavy atom. The van der Waals surface area contributed by atoms with E-state index in [0.29, 0.717) is 10.8 Å². The molecule has 0 fully saturated rings. The van der Waals surface area contributed by atoms with Crippen LogP contribution in [0.1, 0.15) is 5.56 Å². The number of halogens is 1. The van der Waals surface area contributed by atoms with Crippen molar-refractivity contribution >= 4 is 65.6 Å². The Bertz CT molecular complexity index is 1180. The SMILES string of the molecule is Cc1cccc2sc(Nc3ncnc(Nc4ccc(Br)cc4)c3[N+](=O)[O-])nc12. The monoisotopic (exact) mass is 456 g/mol. The van der Waals surface area contributed by atoms with E-state index in [9.17, 15) is 10.1 Å². The lowest BCUT2D eigenvalue weighted by Crippen LogP contribution is -2.05. The lowest BCUT2D eigenvalue weighted by Gasteiger charge is -2.09. The second-order valence-electron chi connectivity index (χ2n) is 5.87. The number of aryl methyl sites for hydroxylation is 1. The van der Waals surface area contributed by atoms with Gasteiger partial charge in [0.2, 0.25) is 11.6 Å². The maximum Gasteiger partial charge on any atom is 0.353 e. The van der Waals surface area contributed by atoms with E-state index < -0.39 is 4.92 Å². The molecule has 2 N–H and O–H groups in total.